The van der Waals surface area contributed by atoms with Crippen molar-refractivity contribution in [1.29, 1.82) is 0 Å². The SMILES string of the molecule is CCC(CC)C(O)CNC(=O)c1snnc1C(C)C. The van der Waals surface area contributed by atoms with E-state index in [9.17, 15) is 9.90 Å². The van der Waals surface area contributed by atoms with E-state index in [1.807, 2.05) is 27.7 Å². The molecule has 6 heteroatoms. The normalized spacial score (nSPS) is 13.0. The molecule has 0 saturated heterocycles. The molecule has 1 rings (SSSR count). The number of hydrogen-bond donors (Lipinski definition) is 2. The topological polar surface area (TPSA) is 75.1 Å². The van der Waals surface area contributed by atoms with E-state index in [-0.39, 0.29) is 24.3 Å². The second-order valence-corrected chi connectivity index (χ2v) is 5.75. The lowest BCUT2D eigenvalue weighted by Crippen LogP contribution is -2.36. The molecule has 1 atom stereocenters. The molecular formula is C13H23N3O2S. The van der Waals surface area contributed by atoms with Crippen LogP contribution in [0.25, 0.3) is 0 Å². The molecule has 19 heavy (non-hydrogen) atoms. The zero-order valence-electron chi connectivity index (χ0n) is 12.0. The third-order valence-corrected chi connectivity index (χ3v) is 4.07. The van der Waals surface area contributed by atoms with Gasteiger partial charge in [0.25, 0.3) is 5.91 Å². The smallest absolute Gasteiger partial charge is 0.265 e. The van der Waals surface area contributed by atoms with Gasteiger partial charge in [0.15, 0.2) is 0 Å². The molecule has 108 valence electrons. The molecule has 0 aliphatic carbocycles. The summed E-state index contributed by atoms with van der Waals surface area (Å²) in [4.78, 5) is 12.6. The Morgan fingerprint density at radius 2 is 2.00 bits per heavy atom. The number of carbonyl (C=O) groups excluding carboxylic acids is 1. The van der Waals surface area contributed by atoms with Crippen molar-refractivity contribution in [3.05, 3.63) is 10.6 Å². The zero-order chi connectivity index (χ0) is 14.4. The number of hydrogen-bond acceptors (Lipinski definition) is 5. The van der Waals surface area contributed by atoms with Crippen LogP contribution in [-0.4, -0.2) is 33.2 Å². The maximum absolute atomic E-state index is 12.0. The number of nitrogens with zero attached hydrogens (tertiary/aromatic N) is 2. The van der Waals surface area contributed by atoms with Crippen LogP contribution in [-0.2, 0) is 0 Å². The minimum absolute atomic E-state index is 0.170. The van der Waals surface area contributed by atoms with Gasteiger partial charge in [-0.1, -0.05) is 45.0 Å². The Kier molecular flexibility index (Phi) is 6.37. The Morgan fingerprint density at radius 3 is 2.53 bits per heavy atom. The fraction of sp³-hybridized carbons (Fsp3) is 0.769. The Bertz CT molecular complexity index is 402. The average molecular weight is 285 g/mol. The van der Waals surface area contributed by atoms with Crippen LogP contribution in [0.5, 0.6) is 0 Å². The summed E-state index contributed by atoms with van der Waals surface area (Å²) in [5, 5.41) is 16.7. The van der Waals surface area contributed by atoms with Crippen molar-refractivity contribution in [1.82, 2.24) is 14.9 Å². The molecule has 0 spiro atoms. The number of nitrogens with one attached hydrogen (secondary N) is 1. The molecule has 0 aliphatic rings. The van der Waals surface area contributed by atoms with Crippen molar-refractivity contribution in [3.8, 4) is 0 Å². The van der Waals surface area contributed by atoms with Crippen molar-refractivity contribution in [2.75, 3.05) is 6.54 Å². The van der Waals surface area contributed by atoms with Gasteiger partial charge in [0.05, 0.1) is 11.8 Å². The van der Waals surface area contributed by atoms with Gasteiger partial charge in [-0.15, -0.1) is 5.10 Å². The largest absolute Gasteiger partial charge is 0.391 e. The highest BCUT2D eigenvalue weighted by Gasteiger charge is 2.21. The van der Waals surface area contributed by atoms with Crippen molar-refractivity contribution in [3.63, 3.8) is 0 Å². The minimum Gasteiger partial charge on any atom is -0.391 e. The monoisotopic (exact) mass is 285 g/mol. The Morgan fingerprint density at radius 1 is 1.37 bits per heavy atom. The van der Waals surface area contributed by atoms with Gasteiger partial charge in [0, 0.05) is 6.54 Å². The number of aliphatic hydroxyl groups is 1. The van der Waals surface area contributed by atoms with Crippen molar-refractivity contribution < 1.29 is 9.90 Å². The molecule has 0 saturated carbocycles. The number of aromatic nitrogens is 2. The molecule has 0 bridgehead atoms. The van der Waals surface area contributed by atoms with Gasteiger partial charge in [-0.25, -0.2) is 0 Å². The molecule has 0 radical (unpaired) electrons. The molecule has 1 aromatic heterocycles. The van der Waals surface area contributed by atoms with Crippen LogP contribution in [0.15, 0.2) is 0 Å². The first-order valence-corrected chi connectivity index (χ1v) is 7.57. The quantitative estimate of drug-likeness (QED) is 0.805. The molecule has 1 amide bonds. The lowest BCUT2D eigenvalue weighted by atomic mass is 9.96. The molecule has 5 nitrogen and oxygen atoms in total. The van der Waals surface area contributed by atoms with E-state index in [0.717, 1.165) is 30.1 Å². The van der Waals surface area contributed by atoms with Crippen LogP contribution in [0, 0.1) is 5.92 Å². The average Bonchev–Trinajstić information content (AvgIpc) is 2.86. The van der Waals surface area contributed by atoms with Crippen LogP contribution in [0.4, 0.5) is 0 Å². The van der Waals surface area contributed by atoms with Crippen LogP contribution in [0.2, 0.25) is 0 Å². The summed E-state index contributed by atoms with van der Waals surface area (Å²) in [5.74, 6) is 0.205. The fourth-order valence-corrected chi connectivity index (χ4v) is 2.75. The van der Waals surface area contributed by atoms with E-state index in [1.54, 1.807) is 0 Å². The Hall–Kier alpha value is -1.01. The van der Waals surface area contributed by atoms with Crippen LogP contribution in [0.3, 0.4) is 0 Å². The lowest BCUT2D eigenvalue weighted by Gasteiger charge is -2.20. The summed E-state index contributed by atoms with van der Waals surface area (Å²) >= 11 is 1.10. The number of carbonyl (C=O) groups is 1. The second-order valence-electron chi connectivity index (χ2n) is 5.00. The van der Waals surface area contributed by atoms with Gasteiger partial charge in [-0.05, 0) is 23.4 Å². The van der Waals surface area contributed by atoms with Gasteiger partial charge in [-0.3, -0.25) is 4.79 Å². The zero-order valence-corrected chi connectivity index (χ0v) is 12.8. The highest BCUT2D eigenvalue weighted by molar-refractivity contribution is 7.08. The van der Waals surface area contributed by atoms with Crippen molar-refractivity contribution in [2.24, 2.45) is 5.92 Å². The Balaban J connectivity index is 2.58. The van der Waals surface area contributed by atoms with Gasteiger partial charge >= 0.3 is 0 Å². The van der Waals surface area contributed by atoms with Crippen LogP contribution >= 0.6 is 11.5 Å². The summed E-state index contributed by atoms with van der Waals surface area (Å²) in [6.45, 7) is 8.33. The molecule has 0 aliphatic heterocycles. The van der Waals surface area contributed by atoms with E-state index < -0.39 is 6.10 Å². The van der Waals surface area contributed by atoms with E-state index in [1.165, 1.54) is 0 Å². The molecule has 2 N–H and O–H groups in total. The van der Waals surface area contributed by atoms with Gasteiger partial charge in [0.1, 0.15) is 4.88 Å². The van der Waals surface area contributed by atoms with E-state index in [2.05, 4.69) is 14.9 Å². The second kappa shape index (κ2) is 7.55. The highest BCUT2D eigenvalue weighted by Crippen LogP contribution is 2.19. The first kappa shape index (κ1) is 16.0. The molecule has 1 heterocycles. The predicted molar refractivity (Wildman–Crippen MR) is 76.4 cm³/mol. The molecular weight excluding hydrogens is 262 g/mol. The van der Waals surface area contributed by atoms with E-state index >= 15 is 0 Å². The summed E-state index contributed by atoms with van der Waals surface area (Å²) in [7, 11) is 0. The summed E-state index contributed by atoms with van der Waals surface area (Å²) in [6.07, 6.45) is 1.32. The van der Waals surface area contributed by atoms with E-state index in [0.29, 0.717) is 4.88 Å². The van der Waals surface area contributed by atoms with E-state index in [4.69, 9.17) is 0 Å². The van der Waals surface area contributed by atoms with Crippen molar-refractivity contribution in [2.45, 2.75) is 52.6 Å². The van der Waals surface area contributed by atoms with Gasteiger partial charge in [0.2, 0.25) is 0 Å². The summed E-state index contributed by atoms with van der Waals surface area (Å²) < 4.78 is 3.83. The van der Waals surface area contributed by atoms with Crippen LogP contribution < -0.4 is 5.32 Å². The highest BCUT2D eigenvalue weighted by atomic mass is 32.1. The van der Waals surface area contributed by atoms with Crippen molar-refractivity contribution >= 4 is 17.4 Å². The first-order valence-electron chi connectivity index (χ1n) is 6.79. The maximum atomic E-state index is 12.0. The van der Waals surface area contributed by atoms with Crippen LogP contribution in [0.1, 0.15) is 61.8 Å². The first-order chi connectivity index (χ1) is 9.01. The molecule has 0 aromatic carbocycles. The molecule has 1 unspecified atom stereocenters. The summed E-state index contributed by atoms with van der Waals surface area (Å²) in [6, 6.07) is 0. The lowest BCUT2D eigenvalue weighted by molar-refractivity contribution is 0.0818. The predicted octanol–water partition coefficient (Wildman–Crippen LogP) is 2.19. The number of rotatable bonds is 7. The fourth-order valence-electron chi connectivity index (χ4n) is 2.01. The van der Waals surface area contributed by atoms with Gasteiger partial charge in [-0.2, -0.15) is 0 Å². The maximum Gasteiger partial charge on any atom is 0.265 e. The molecule has 1 aromatic rings. The number of amides is 1. The third-order valence-electron chi connectivity index (χ3n) is 3.33. The summed E-state index contributed by atoms with van der Waals surface area (Å²) in [5.41, 5.74) is 0.722. The minimum atomic E-state index is -0.498. The standard InChI is InChI=1S/C13H23N3O2S/c1-5-9(6-2)10(17)7-14-13(18)12-11(8(3)4)15-16-19-12/h8-10,17H,5-7H2,1-4H3,(H,14,18). The number of aliphatic hydroxyl groups excluding tert-OH is 1. The van der Waals surface area contributed by atoms with Gasteiger partial charge < -0.3 is 10.4 Å². The molecule has 0 fully saturated rings. The Labute approximate surface area is 118 Å². The third kappa shape index (κ3) is 4.24.